The zero-order valence-electron chi connectivity index (χ0n) is 4.42. The van der Waals surface area contributed by atoms with Crippen molar-refractivity contribution in [3.05, 3.63) is 24.0 Å². The van der Waals surface area contributed by atoms with Gasteiger partial charge in [-0.25, -0.2) is 0 Å². The van der Waals surface area contributed by atoms with Crippen molar-refractivity contribution in [3.63, 3.8) is 0 Å². The molecule has 0 spiro atoms. The SMILES string of the molecule is Cl.[AsH2]Cc1ccc[nH]1. The third kappa shape index (κ3) is 1.93. The first kappa shape index (κ1) is 8.13. The van der Waals surface area contributed by atoms with E-state index in [1.54, 1.807) is 16.9 Å². The fourth-order valence-corrected chi connectivity index (χ4v) is 1.03. The van der Waals surface area contributed by atoms with Crippen molar-refractivity contribution in [1.29, 1.82) is 0 Å². The van der Waals surface area contributed by atoms with E-state index in [1.807, 2.05) is 12.3 Å². The predicted octanol–water partition coefficient (Wildman–Crippen LogP) is 0.570. The predicted molar refractivity (Wildman–Crippen MR) is 40.3 cm³/mol. The maximum atomic E-state index is 3.10. The van der Waals surface area contributed by atoms with Gasteiger partial charge in [-0.05, 0) is 0 Å². The number of aromatic amines is 1. The molecule has 0 amide bonds. The number of hydrogen-bond donors (Lipinski definition) is 1. The number of halogens is 1. The zero-order chi connectivity index (χ0) is 5.11. The molecule has 0 aliphatic carbocycles. The third-order valence-corrected chi connectivity index (χ3v) is 1.81. The van der Waals surface area contributed by atoms with Crippen LogP contribution in [-0.4, -0.2) is 21.8 Å². The minimum atomic E-state index is 0. The molecule has 1 atom stereocenters. The fraction of sp³-hybridized carbons (Fsp3) is 0.200. The van der Waals surface area contributed by atoms with Gasteiger partial charge in [0.2, 0.25) is 0 Å². The van der Waals surface area contributed by atoms with Gasteiger partial charge in [0.05, 0.1) is 0 Å². The molecule has 1 nitrogen and oxygen atoms in total. The van der Waals surface area contributed by atoms with E-state index >= 15 is 0 Å². The molecule has 0 radical (unpaired) electrons. The van der Waals surface area contributed by atoms with E-state index in [0.717, 1.165) is 0 Å². The van der Waals surface area contributed by atoms with Gasteiger partial charge in [-0.1, -0.05) is 0 Å². The molecule has 0 saturated carbocycles. The van der Waals surface area contributed by atoms with Crippen LogP contribution < -0.4 is 0 Å². The molecular weight excluding hydrogens is 184 g/mol. The summed E-state index contributed by atoms with van der Waals surface area (Å²) in [7, 11) is 0. The molecule has 1 aromatic rings. The second-order valence-corrected chi connectivity index (χ2v) is 2.26. The van der Waals surface area contributed by atoms with Crippen LogP contribution in [0.3, 0.4) is 0 Å². The summed E-state index contributed by atoms with van der Waals surface area (Å²) in [5, 5.41) is 1.17. The molecule has 0 aliphatic heterocycles. The molecule has 1 rings (SSSR count). The summed E-state index contributed by atoms with van der Waals surface area (Å²) in [6, 6.07) is 4.12. The summed E-state index contributed by atoms with van der Waals surface area (Å²) in [4.78, 5) is 3.10. The third-order valence-electron chi connectivity index (χ3n) is 0.882. The van der Waals surface area contributed by atoms with Gasteiger partial charge < -0.3 is 0 Å². The second kappa shape index (κ2) is 4.05. The van der Waals surface area contributed by atoms with Crippen LogP contribution in [0.1, 0.15) is 5.69 Å². The Hall–Kier alpha value is 0.128. The van der Waals surface area contributed by atoms with Crippen LogP contribution in [0.2, 0.25) is 0 Å². The average Bonchev–Trinajstić information content (AvgIpc) is 2.14. The van der Waals surface area contributed by atoms with Crippen LogP contribution in [0.4, 0.5) is 0 Å². The van der Waals surface area contributed by atoms with E-state index in [1.165, 1.54) is 10.9 Å². The number of H-pyrrole nitrogens is 1. The molecular formula is C5H9AsClN. The van der Waals surface area contributed by atoms with Crippen LogP contribution in [-0.2, 0) is 5.21 Å². The van der Waals surface area contributed by atoms with Crippen LogP contribution >= 0.6 is 12.4 Å². The minimum absolute atomic E-state index is 0. The van der Waals surface area contributed by atoms with Gasteiger partial charge >= 0.3 is 51.1 Å². The Labute approximate surface area is 63.8 Å². The standard InChI is InChI=1S/C5H8AsN.ClH/c6-4-5-2-1-3-7-5;/h1-3,7H,4,6H2;1H. The Morgan fingerprint density at radius 2 is 2.38 bits per heavy atom. The topological polar surface area (TPSA) is 15.8 Å². The molecule has 0 aromatic carbocycles. The van der Waals surface area contributed by atoms with Gasteiger partial charge in [0.15, 0.2) is 0 Å². The summed E-state index contributed by atoms with van der Waals surface area (Å²) < 4.78 is 0. The van der Waals surface area contributed by atoms with E-state index in [2.05, 4.69) is 11.1 Å². The molecule has 0 aliphatic rings. The van der Waals surface area contributed by atoms with E-state index in [4.69, 9.17) is 0 Å². The van der Waals surface area contributed by atoms with Crippen molar-refractivity contribution in [2.75, 3.05) is 0 Å². The number of nitrogens with one attached hydrogen (secondary N) is 1. The van der Waals surface area contributed by atoms with Gasteiger partial charge in [-0.2, -0.15) is 0 Å². The average molecular weight is 194 g/mol. The monoisotopic (exact) mass is 193 g/mol. The summed E-state index contributed by atoms with van der Waals surface area (Å²) in [5.41, 5.74) is 1.33. The van der Waals surface area contributed by atoms with Gasteiger partial charge in [0.25, 0.3) is 0 Å². The molecule has 0 bridgehead atoms. The van der Waals surface area contributed by atoms with Crippen molar-refractivity contribution < 1.29 is 0 Å². The summed E-state index contributed by atoms with van der Waals surface area (Å²) in [5.74, 6) is 0. The quantitative estimate of drug-likeness (QED) is 0.628. The summed E-state index contributed by atoms with van der Waals surface area (Å²) in [6.45, 7) is 0. The number of hydrogen-bond acceptors (Lipinski definition) is 0. The Balaban J connectivity index is 0.000000490. The van der Waals surface area contributed by atoms with E-state index < -0.39 is 0 Å². The summed E-state index contributed by atoms with van der Waals surface area (Å²) in [6.07, 6.45) is 1.95. The molecule has 3 heteroatoms. The molecule has 1 N–H and O–H groups in total. The molecule has 8 heavy (non-hydrogen) atoms. The molecule has 0 saturated heterocycles. The van der Waals surface area contributed by atoms with Crippen LogP contribution in [0.5, 0.6) is 0 Å². The fourth-order valence-electron chi connectivity index (χ4n) is 0.494. The first-order chi connectivity index (χ1) is 3.43. The van der Waals surface area contributed by atoms with Gasteiger partial charge in [0.1, 0.15) is 0 Å². The Morgan fingerprint density at radius 3 is 2.62 bits per heavy atom. The van der Waals surface area contributed by atoms with Crippen LogP contribution in [0.15, 0.2) is 18.3 Å². The van der Waals surface area contributed by atoms with Crippen molar-refractivity contribution >= 4 is 29.3 Å². The summed E-state index contributed by atoms with van der Waals surface area (Å²) >= 11 is 1.74. The molecule has 0 fully saturated rings. The molecule has 1 aromatic heterocycles. The molecule has 1 heterocycles. The van der Waals surface area contributed by atoms with Crippen LogP contribution in [0.25, 0.3) is 0 Å². The van der Waals surface area contributed by atoms with E-state index in [0.29, 0.717) is 0 Å². The molecule has 46 valence electrons. The number of aromatic nitrogens is 1. The zero-order valence-corrected chi connectivity index (χ0v) is 7.66. The van der Waals surface area contributed by atoms with E-state index in [-0.39, 0.29) is 12.4 Å². The van der Waals surface area contributed by atoms with Crippen LogP contribution in [0, 0.1) is 0 Å². The van der Waals surface area contributed by atoms with Gasteiger partial charge in [-0.3, -0.25) is 0 Å². The normalized spacial score (nSPS) is 8.12. The van der Waals surface area contributed by atoms with Gasteiger partial charge in [-0.15, -0.1) is 12.4 Å². The van der Waals surface area contributed by atoms with Crippen molar-refractivity contribution in [2.45, 2.75) is 5.21 Å². The Morgan fingerprint density at radius 1 is 1.62 bits per heavy atom. The first-order valence-electron chi connectivity index (χ1n) is 2.26. The Kier molecular flexibility index (Phi) is 4.12. The van der Waals surface area contributed by atoms with Crippen molar-refractivity contribution in [3.8, 4) is 0 Å². The van der Waals surface area contributed by atoms with E-state index in [9.17, 15) is 0 Å². The van der Waals surface area contributed by atoms with Gasteiger partial charge in [0, 0.05) is 0 Å². The number of rotatable bonds is 1. The first-order valence-corrected chi connectivity index (χ1v) is 3.97. The second-order valence-electron chi connectivity index (χ2n) is 1.40. The Bertz CT molecular complexity index is 127. The molecule has 1 unspecified atom stereocenters. The van der Waals surface area contributed by atoms with Crippen molar-refractivity contribution in [1.82, 2.24) is 4.98 Å². The maximum absolute atomic E-state index is 3.10. The van der Waals surface area contributed by atoms with Crippen molar-refractivity contribution in [2.24, 2.45) is 0 Å².